The minimum Gasteiger partial charge on any atom is -0.337 e. The van der Waals surface area contributed by atoms with Crippen molar-refractivity contribution in [2.24, 2.45) is 5.92 Å². The van der Waals surface area contributed by atoms with Crippen LogP contribution in [-0.4, -0.2) is 51.9 Å². The minimum absolute atomic E-state index is 0.00272. The molecule has 0 saturated carbocycles. The molecule has 1 saturated heterocycles. The van der Waals surface area contributed by atoms with Crippen molar-refractivity contribution in [1.29, 1.82) is 0 Å². The number of likely N-dealkylation sites (tertiary alicyclic amines) is 1. The molecule has 2 aromatic heterocycles. The maximum atomic E-state index is 13.3. The molecule has 0 aliphatic carbocycles. The van der Waals surface area contributed by atoms with Crippen molar-refractivity contribution in [2.45, 2.75) is 31.8 Å². The molecule has 1 atom stereocenters. The summed E-state index contributed by atoms with van der Waals surface area (Å²) in [7, 11) is 1.94. The number of nitrogens with zero attached hydrogens (tertiary/aromatic N) is 4. The highest BCUT2D eigenvalue weighted by molar-refractivity contribution is 7.15. The van der Waals surface area contributed by atoms with Crippen LogP contribution in [0.3, 0.4) is 0 Å². The number of hydrogen-bond donors (Lipinski definition) is 0. The number of pyridine rings is 1. The third kappa shape index (κ3) is 5.89. The van der Waals surface area contributed by atoms with E-state index in [0.717, 1.165) is 43.9 Å². The minimum atomic E-state index is -0.00272. The number of piperidine rings is 1. The fourth-order valence-electron chi connectivity index (χ4n) is 5.11. The zero-order valence-corrected chi connectivity index (χ0v) is 21.5. The number of hydrogen-bond acceptors (Lipinski definition) is 5. The van der Waals surface area contributed by atoms with Gasteiger partial charge in [-0.2, -0.15) is 0 Å². The van der Waals surface area contributed by atoms with Gasteiger partial charge in [0, 0.05) is 42.5 Å². The predicted octanol–water partition coefficient (Wildman–Crippen LogP) is 5.80. The molecule has 2 aromatic carbocycles. The molecule has 1 aliphatic heterocycles. The Bertz CT molecular complexity index is 1240. The summed E-state index contributed by atoms with van der Waals surface area (Å²) in [6, 6.07) is 26.6. The SMILES string of the molecule is CN(C(=O)c1ccccn1)C(Cc1ccccc1)C1CCN(Cc2cnc(-c3ccccc3)s2)CC1. The van der Waals surface area contributed by atoms with Crippen molar-refractivity contribution >= 4 is 17.2 Å². The number of aromatic nitrogens is 2. The summed E-state index contributed by atoms with van der Waals surface area (Å²) in [6.45, 7) is 2.99. The first-order valence-electron chi connectivity index (χ1n) is 12.6. The molecular weight excluding hydrogens is 464 g/mol. The number of carbonyl (C=O) groups excluding carboxylic acids is 1. The van der Waals surface area contributed by atoms with Gasteiger partial charge in [0.15, 0.2) is 0 Å². The van der Waals surface area contributed by atoms with E-state index in [1.54, 1.807) is 23.6 Å². The van der Waals surface area contributed by atoms with Gasteiger partial charge in [-0.15, -0.1) is 11.3 Å². The van der Waals surface area contributed by atoms with Crippen LogP contribution >= 0.6 is 11.3 Å². The van der Waals surface area contributed by atoms with Crippen molar-refractivity contribution in [3.05, 3.63) is 107 Å². The highest BCUT2D eigenvalue weighted by atomic mass is 32.1. The van der Waals surface area contributed by atoms with Gasteiger partial charge in [-0.25, -0.2) is 4.98 Å². The topological polar surface area (TPSA) is 49.3 Å². The van der Waals surface area contributed by atoms with E-state index in [4.69, 9.17) is 0 Å². The molecular formula is C30H32N4OS. The van der Waals surface area contributed by atoms with Crippen LogP contribution in [0.5, 0.6) is 0 Å². The molecule has 1 fully saturated rings. The van der Waals surface area contributed by atoms with E-state index in [1.165, 1.54) is 16.0 Å². The quantitative estimate of drug-likeness (QED) is 0.309. The number of rotatable bonds is 8. The molecule has 184 valence electrons. The average molecular weight is 497 g/mol. The first-order valence-corrected chi connectivity index (χ1v) is 13.4. The lowest BCUT2D eigenvalue weighted by Crippen LogP contribution is -2.47. The molecule has 5 nitrogen and oxygen atoms in total. The summed E-state index contributed by atoms with van der Waals surface area (Å²) in [5.74, 6) is 0.442. The van der Waals surface area contributed by atoms with Gasteiger partial charge in [-0.3, -0.25) is 14.7 Å². The number of thiazole rings is 1. The Labute approximate surface area is 217 Å². The fraction of sp³-hybridized carbons (Fsp3) is 0.300. The second-order valence-electron chi connectivity index (χ2n) is 9.50. The highest BCUT2D eigenvalue weighted by Crippen LogP contribution is 2.30. The maximum Gasteiger partial charge on any atom is 0.272 e. The zero-order chi connectivity index (χ0) is 24.7. The van der Waals surface area contributed by atoms with Crippen LogP contribution in [0.25, 0.3) is 10.6 Å². The monoisotopic (exact) mass is 496 g/mol. The molecule has 0 N–H and O–H groups in total. The van der Waals surface area contributed by atoms with Crippen LogP contribution in [0.2, 0.25) is 0 Å². The summed E-state index contributed by atoms with van der Waals surface area (Å²) < 4.78 is 0. The first-order chi connectivity index (χ1) is 17.7. The Kier molecular flexibility index (Phi) is 7.84. The molecule has 6 heteroatoms. The van der Waals surface area contributed by atoms with Gasteiger partial charge in [0.2, 0.25) is 0 Å². The van der Waals surface area contributed by atoms with Crippen molar-refractivity contribution < 1.29 is 4.79 Å². The van der Waals surface area contributed by atoms with Crippen LogP contribution in [-0.2, 0) is 13.0 Å². The van der Waals surface area contributed by atoms with Gasteiger partial charge in [0.05, 0.1) is 0 Å². The van der Waals surface area contributed by atoms with E-state index in [-0.39, 0.29) is 11.9 Å². The first kappa shape index (κ1) is 24.3. The van der Waals surface area contributed by atoms with Crippen LogP contribution in [0.1, 0.15) is 33.8 Å². The molecule has 0 spiro atoms. The molecule has 0 radical (unpaired) electrons. The van der Waals surface area contributed by atoms with Crippen molar-refractivity contribution in [2.75, 3.05) is 20.1 Å². The average Bonchev–Trinajstić information content (AvgIpc) is 3.41. The molecule has 5 rings (SSSR count). The Hall–Kier alpha value is -3.35. The summed E-state index contributed by atoms with van der Waals surface area (Å²) in [6.07, 6.45) is 6.71. The Morgan fingerprint density at radius 2 is 1.67 bits per heavy atom. The summed E-state index contributed by atoms with van der Waals surface area (Å²) in [5.41, 5.74) is 2.95. The Morgan fingerprint density at radius 3 is 2.36 bits per heavy atom. The maximum absolute atomic E-state index is 13.3. The predicted molar refractivity (Wildman–Crippen MR) is 146 cm³/mol. The number of likely N-dealkylation sites (N-methyl/N-ethyl adjacent to an activating group) is 1. The van der Waals surface area contributed by atoms with Crippen LogP contribution in [0.15, 0.2) is 91.3 Å². The van der Waals surface area contributed by atoms with E-state index in [1.807, 2.05) is 42.4 Å². The molecule has 3 heterocycles. The van der Waals surface area contributed by atoms with Crippen molar-refractivity contribution in [1.82, 2.24) is 19.8 Å². The van der Waals surface area contributed by atoms with Crippen molar-refractivity contribution in [3.63, 3.8) is 0 Å². The van der Waals surface area contributed by atoms with Gasteiger partial charge in [0.25, 0.3) is 5.91 Å². The lowest BCUT2D eigenvalue weighted by molar-refractivity contribution is 0.0580. The largest absolute Gasteiger partial charge is 0.337 e. The third-order valence-electron chi connectivity index (χ3n) is 7.12. The molecule has 1 unspecified atom stereocenters. The lowest BCUT2D eigenvalue weighted by Gasteiger charge is -2.40. The molecule has 1 aliphatic rings. The molecule has 0 bridgehead atoms. The van der Waals surface area contributed by atoms with Crippen LogP contribution in [0, 0.1) is 5.92 Å². The van der Waals surface area contributed by atoms with E-state index < -0.39 is 0 Å². The van der Waals surface area contributed by atoms with E-state index >= 15 is 0 Å². The van der Waals surface area contributed by atoms with E-state index in [9.17, 15) is 4.79 Å². The standard InChI is InChI=1S/C30H32N4OS/c1-33(30(35)27-14-8-9-17-31-27)28(20-23-10-4-2-5-11-23)24-15-18-34(19-16-24)22-26-21-32-29(36-26)25-12-6-3-7-13-25/h2-14,17,21,24,28H,15-16,18-20,22H2,1H3. The van der Waals surface area contributed by atoms with E-state index in [0.29, 0.717) is 11.6 Å². The summed E-state index contributed by atoms with van der Waals surface area (Å²) in [4.78, 5) is 28.0. The van der Waals surface area contributed by atoms with Gasteiger partial charge in [0.1, 0.15) is 10.7 Å². The molecule has 36 heavy (non-hydrogen) atoms. The van der Waals surface area contributed by atoms with Gasteiger partial charge >= 0.3 is 0 Å². The molecule has 1 amide bonds. The molecule has 4 aromatic rings. The Morgan fingerprint density at radius 1 is 0.972 bits per heavy atom. The zero-order valence-electron chi connectivity index (χ0n) is 20.7. The van der Waals surface area contributed by atoms with Gasteiger partial charge in [-0.05, 0) is 56.0 Å². The summed E-state index contributed by atoms with van der Waals surface area (Å²) >= 11 is 1.78. The van der Waals surface area contributed by atoms with Crippen LogP contribution < -0.4 is 0 Å². The second kappa shape index (κ2) is 11.6. The van der Waals surface area contributed by atoms with Crippen molar-refractivity contribution in [3.8, 4) is 10.6 Å². The number of carbonyl (C=O) groups is 1. The second-order valence-corrected chi connectivity index (χ2v) is 10.6. The van der Waals surface area contributed by atoms with Crippen LogP contribution in [0.4, 0.5) is 0 Å². The number of amides is 1. The third-order valence-corrected chi connectivity index (χ3v) is 8.15. The Balaban J connectivity index is 1.25. The lowest BCUT2D eigenvalue weighted by atomic mass is 9.85. The van der Waals surface area contributed by atoms with Gasteiger partial charge < -0.3 is 4.90 Å². The normalized spacial score (nSPS) is 15.5. The summed E-state index contributed by atoms with van der Waals surface area (Å²) in [5, 5.41) is 1.08. The number of benzene rings is 2. The van der Waals surface area contributed by atoms with Gasteiger partial charge in [-0.1, -0.05) is 66.7 Å². The van der Waals surface area contributed by atoms with E-state index in [2.05, 4.69) is 63.4 Å². The highest BCUT2D eigenvalue weighted by Gasteiger charge is 2.32. The smallest absolute Gasteiger partial charge is 0.272 e. The fourth-order valence-corrected chi connectivity index (χ4v) is 6.07.